The molecule has 12 rings (SSSR count). The Morgan fingerprint density at radius 3 is 2.61 bits per heavy atom. The van der Waals surface area contributed by atoms with E-state index >= 15 is 0 Å². The Kier molecular flexibility index (Phi) is 7.51. The van der Waals surface area contributed by atoms with Gasteiger partial charge in [0.2, 0.25) is 5.60 Å². The number of esters is 4. The first-order valence-corrected chi connectivity index (χ1v) is 21.6. The third kappa shape index (κ3) is 4.46. The highest BCUT2D eigenvalue weighted by Crippen LogP contribution is 2.83. The van der Waals surface area contributed by atoms with Crippen molar-refractivity contribution in [2.24, 2.45) is 17.3 Å². The molecule has 6 aliphatic heterocycles. The van der Waals surface area contributed by atoms with Gasteiger partial charge in [-0.2, -0.15) is 0 Å². The lowest BCUT2D eigenvalue weighted by Gasteiger charge is -2.53. The summed E-state index contributed by atoms with van der Waals surface area (Å²) < 4.78 is 45.1. The van der Waals surface area contributed by atoms with Crippen molar-refractivity contribution in [2.75, 3.05) is 20.7 Å². The van der Waals surface area contributed by atoms with E-state index < -0.39 is 63.8 Å². The molecule has 1 N–H and O–H groups in total. The van der Waals surface area contributed by atoms with Crippen LogP contribution in [0.15, 0.2) is 40.2 Å². The summed E-state index contributed by atoms with van der Waals surface area (Å²) in [5, 5.41) is 11.5. The van der Waals surface area contributed by atoms with E-state index in [0.717, 1.165) is 22.1 Å². The molecule has 8 heterocycles. The Balaban J connectivity index is 0.846. The van der Waals surface area contributed by atoms with Crippen LogP contribution >= 0.6 is 0 Å². The second-order valence-corrected chi connectivity index (χ2v) is 19.5. The molecule has 3 aliphatic carbocycles. The normalized spacial score (nSPS) is 37.1. The molecule has 16 nitrogen and oxygen atoms in total. The maximum absolute atomic E-state index is 14.2. The van der Waals surface area contributed by atoms with Gasteiger partial charge in [0.25, 0.3) is 5.56 Å². The summed E-state index contributed by atoms with van der Waals surface area (Å²) in [5.41, 5.74) is -0.519. The highest BCUT2D eigenvalue weighted by atomic mass is 16.8. The molecule has 324 valence electrons. The number of carbonyl (C=O) groups is 4. The number of epoxide rings is 3. The highest BCUT2D eigenvalue weighted by molar-refractivity contribution is 5.95. The number of aromatic hydroxyl groups is 1. The van der Waals surface area contributed by atoms with Crippen molar-refractivity contribution >= 4 is 34.8 Å². The largest absolute Gasteiger partial charge is 0.508 e. The zero-order valence-corrected chi connectivity index (χ0v) is 35.3. The second-order valence-electron chi connectivity index (χ2n) is 19.5. The minimum Gasteiger partial charge on any atom is -0.508 e. The molecule has 62 heavy (non-hydrogen) atoms. The molecule has 0 amide bonds. The zero-order chi connectivity index (χ0) is 43.2. The van der Waals surface area contributed by atoms with Crippen LogP contribution in [0, 0.1) is 17.3 Å². The lowest BCUT2D eigenvalue weighted by atomic mass is 9.46. The average molecular weight is 850 g/mol. The van der Waals surface area contributed by atoms with Crippen LogP contribution in [0.25, 0.3) is 22.3 Å². The third-order valence-corrected chi connectivity index (χ3v) is 16.1. The van der Waals surface area contributed by atoms with Crippen molar-refractivity contribution in [3.8, 4) is 17.1 Å². The molecule has 5 fully saturated rings. The first-order chi connectivity index (χ1) is 29.6. The van der Waals surface area contributed by atoms with E-state index in [1.165, 1.54) is 0 Å². The molecule has 2 saturated carbocycles. The number of rotatable bonds is 8. The number of phenolic OH excluding ortho intramolecular Hbond substituents is 1. The molecular formula is C46H47N3O13. The van der Waals surface area contributed by atoms with Crippen LogP contribution in [0.4, 0.5) is 0 Å². The van der Waals surface area contributed by atoms with Crippen LogP contribution in [-0.2, 0) is 77.6 Å². The highest BCUT2D eigenvalue weighted by Gasteiger charge is 3.01. The van der Waals surface area contributed by atoms with E-state index in [9.17, 15) is 29.1 Å². The monoisotopic (exact) mass is 849 g/mol. The number of hydrogen-bond donors (Lipinski definition) is 1. The summed E-state index contributed by atoms with van der Waals surface area (Å²) in [7, 11) is 3.81. The SMILES string of the molecule is CCC1(OC(=O)CC(=O)OC2C3(C(C)C)OC3C3OC34C3(C)CCC5=C(COC5=O)C3CC3OC324)C(=O)OCc2c1cc1n(c2=O)Cc2cc3c(CN(C)C)c(O)ccc3nc2-1. The van der Waals surface area contributed by atoms with Gasteiger partial charge >= 0.3 is 23.9 Å². The number of carbonyl (C=O) groups excluding carboxylic acids is 4. The number of benzene rings is 1. The molecule has 10 unspecified atom stereocenters. The predicted molar refractivity (Wildman–Crippen MR) is 213 cm³/mol. The summed E-state index contributed by atoms with van der Waals surface area (Å²) in [6.45, 7) is 8.44. The number of hydrogen-bond acceptors (Lipinski definition) is 15. The minimum absolute atomic E-state index is 0.0170. The van der Waals surface area contributed by atoms with E-state index in [2.05, 4.69) is 6.92 Å². The van der Waals surface area contributed by atoms with Gasteiger partial charge in [0, 0.05) is 39.6 Å². The van der Waals surface area contributed by atoms with Gasteiger partial charge in [0.15, 0.2) is 11.7 Å². The van der Waals surface area contributed by atoms with Crippen LogP contribution in [0.1, 0.15) is 82.1 Å². The van der Waals surface area contributed by atoms with Crippen LogP contribution in [0.3, 0.4) is 0 Å². The number of phenols is 1. The van der Waals surface area contributed by atoms with Crippen molar-refractivity contribution in [1.29, 1.82) is 0 Å². The summed E-state index contributed by atoms with van der Waals surface area (Å²) >= 11 is 0. The topological polar surface area (TPSA) is 201 Å². The fraction of sp³-hybridized carbons (Fsp3) is 0.565. The van der Waals surface area contributed by atoms with Gasteiger partial charge in [-0.05, 0) is 81.5 Å². The number of nitrogens with zero attached hydrogens (tertiary/aromatic N) is 3. The Morgan fingerprint density at radius 1 is 1.05 bits per heavy atom. The summed E-state index contributed by atoms with van der Waals surface area (Å²) in [6.07, 6.45) is -1.01. The van der Waals surface area contributed by atoms with Crippen molar-refractivity contribution in [2.45, 2.75) is 126 Å². The zero-order valence-electron chi connectivity index (χ0n) is 35.3. The van der Waals surface area contributed by atoms with E-state index in [1.807, 2.05) is 38.9 Å². The van der Waals surface area contributed by atoms with Crippen molar-refractivity contribution in [1.82, 2.24) is 14.5 Å². The van der Waals surface area contributed by atoms with Crippen LogP contribution < -0.4 is 5.56 Å². The lowest BCUT2D eigenvalue weighted by Crippen LogP contribution is -2.70. The number of cyclic esters (lactones) is 2. The summed E-state index contributed by atoms with van der Waals surface area (Å²) in [6, 6.07) is 6.91. The van der Waals surface area contributed by atoms with Gasteiger partial charge in [0.05, 0.1) is 35.1 Å². The fourth-order valence-corrected chi connectivity index (χ4v) is 13.1. The van der Waals surface area contributed by atoms with Crippen molar-refractivity contribution in [3.05, 3.63) is 68.0 Å². The molecular weight excluding hydrogens is 803 g/mol. The predicted octanol–water partition coefficient (Wildman–Crippen LogP) is 3.46. The number of pyridine rings is 2. The van der Waals surface area contributed by atoms with Gasteiger partial charge < -0.3 is 47.7 Å². The molecule has 1 aromatic carbocycles. The van der Waals surface area contributed by atoms with Gasteiger partial charge in [-0.15, -0.1) is 0 Å². The Morgan fingerprint density at radius 2 is 1.85 bits per heavy atom. The quantitative estimate of drug-likeness (QED) is 0.117. The Bertz CT molecular complexity index is 2740. The van der Waals surface area contributed by atoms with Gasteiger partial charge in [-0.1, -0.05) is 27.7 Å². The van der Waals surface area contributed by atoms with Crippen LogP contribution in [0.5, 0.6) is 5.75 Å². The van der Waals surface area contributed by atoms with Crippen molar-refractivity contribution in [3.63, 3.8) is 0 Å². The number of ether oxygens (including phenoxy) is 7. The first-order valence-electron chi connectivity index (χ1n) is 21.6. The fourth-order valence-electron chi connectivity index (χ4n) is 13.1. The van der Waals surface area contributed by atoms with E-state index in [1.54, 1.807) is 29.7 Å². The standard InChI is InChI=1S/C46H47N3O13/c1-7-43(28-13-30-35-21(16-49(30)38(53)26(28)19-57-41(43)55)12-23-24(17-48(5)6)31(50)9-8-29(23)47-35)60-34(52)15-33(51)58-40-44(20(2)3)36(61-44)37-46(62-37)42(4)11-10-22-25(18-56-39(22)54)27(42)14-32-45(40,46)59-32/h8-9,12-13,20,27,32,36-37,40,50H,7,10-11,14-19H2,1-6H3. The molecule has 0 bridgehead atoms. The molecule has 3 aromatic rings. The van der Waals surface area contributed by atoms with Crippen LogP contribution in [-0.4, -0.2) is 105 Å². The molecule has 2 spiro atoms. The molecule has 3 saturated heterocycles. The van der Waals surface area contributed by atoms with Crippen LogP contribution in [0.2, 0.25) is 0 Å². The molecule has 16 heteroatoms. The van der Waals surface area contributed by atoms with Crippen molar-refractivity contribution < 1.29 is 57.4 Å². The number of fused-ring (bicyclic) bond motifs is 9. The first kappa shape index (κ1) is 38.5. The minimum atomic E-state index is -2.03. The van der Waals surface area contributed by atoms with Gasteiger partial charge in [-0.25, -0.2) is 14.6 Å². The maximum atomic E-state index is 14.2. The van der Waals surface area contributed by atoms with E-state index in [4.69, 9.17) is 38.1 Å². The summed E-state index contributed by atoms with van der Waals surface area (Å²) in [4.78, 5) is 75.7. The van der Waals surface area contributed by atoms with E-state index in [0.29, 0.717) is 48.3 Å². The smallest absolute Gasteiger partial charge is 0.355 e. The van der Waals surface area contributed by atoms with E-state index in [-0.39, 0.29) is 79.2 Å². The lowest BCUT2D eigenvalue weighted by molar-refractivity contribution is -0.192. The second kappa shape index (κ2) is 12.1. The molecule has 2 aromatic heterocycles. The third-order valence-electron chi connectivity index (χ3n) is 16.1. The Labute approximate surface area is 355 Å². The average Bonchev–Trinajstić information content (AvgIpc) is 4.17. The van der Waals surface area contributed by atoms with Gasteiger partial charge in [-0.3, -0.25) is 14.4 Å². The molecule has 10 atom stereocenters. The number of aromatic nitrogens is 2. The summed E-state index contributed by atoms with van der Waals surface area (Å²) in [5.74, 6) is -3.00. The molecule has 9 aliphatic rings. The maximum Gasteiger partial charge on any atom is 0.355 e. The molecule has 0 radical (unpaired) electrons. The Hall–Kier alpha value is -5.16. The van der Waals surface area contributed by atoms with Gasteiger partial charge in [0.1, 0.15) is 48.8 Å².